The topological polar surface area (TPSA) is 48.4 Å². The van der Waals surface area contributed by atoms with Crippen LogP contribution in [0.1, 0.15) is 30.1 Å². The van der Waals surface area contributed by atoms with Crippen molar-refractivity contribution in [2.24, 2.45) is 5.73 Å². The molecule has 0 fully saturated rings. The Morgan fingerprint density at radius 3 is 2.39 bits per heavy atom. The first kappa shape index (κ1) is 12.7. The van der Waals surface area contributed by atoms with Crippen molar-refractivity contribution in [2.75, 3.05) is 0 Å². The van der Waals surface area contributed by atoms with Crippen molar-refractivity contribution in [3.05, 3.63) is 53.5 Å². The molecule has 2 unspecified atom stereocenters. The van der Waals surface area contributed by atoms with Gasteiger partial charge in [0.2, 0.25) is 0 Å². The highest BCUT2D eigenvalue weighted by Gasteiger charge is 2.22. The van der Waals surface area contributed by atoms with Crippen LogP contribution in [0, 0.1) is 13.8 Å². The van der Waals surface area contributed by atoms with Crippen molar-refractivity contribution >= 4 is 0 Å². The lowest BCUT2D eigenvalue weighted by atomic mass is 10.1. The van der Waals surface area contributed by atoms with Gasteiger partial charge in [-0.25, -0.2) is 0 Å². The minimum absolute atomic E-state index is 0.143. The van der Waals surface area contributed by atoms with Crippen molar-refractivity contribution in [1.29, 1.82) is 0 Å². The number of hydrogen-bond donors (Lipinski definition) is 1. The van der Waals surface area contributed by atoms with E-state index in [2.05, 4.69) is 0 Å². The van der Waals surface area contributed by atoms with E-state index in [4.69, 9.17) is 14.9 Å². The van der Waals surface area contributed by atoms with Crippen molar-refractivity contribution in [3.8, 4) is 5.75 Å². The zero-order valence-corrected chi connectivity index (χ0v) is 11.0. The molecule has 2 aromatic rings. The summed E-state index contributed by atoms with van der Waals surface area (Å²) in [4.78, 5) is 0. The molecule has 0 radical (unpaired) electrons. The molecule has 1 heterocycles. The van der Waals surface area contributed by atoms with Gasteiger partial charge in [-0.2, -0.15) is 0 Å². The first-order chi connectivity index (χ1) is 8.58. The smallest absolute Gasteiger partial charge is 0.171 e. The van der Waals surface area contributed by atoms with Gasteiger partial charge < -0.3 is 14.9 Å². The maximum absolute atomic E-state index is 5.99. The third-order valence-corrected chi connectivity index (χ3v) is 2.87. The largest absolute Gasteiger partial charge is 0.481 e. The summed E-state index contributed by atoms with van der Waals surface area (Å²) in [7, 11) is 0. The van der Waals surface area contributed by atoms with Gasteiger partial charge in [0, 0.05) is 6.04 Å². The normalized spacial score (nSPS) is 14.2. The van der Waals surface area contributed by atoms with Gasteiger partial charge in [-0.1, -0.05) is 18.2 Å². The van der Waals surface area contributed by atoms with Crippen LogP contribution in [0.25, 0.3) is 0 Å². The molecule has 0 aliphatic heterocycles. The molecular formula is C15H19NO2. The number of aryl methyl sites for hydroxylation is 2. The van der Waals surface area contributed by atoms with Crippen LogP contribution in [0.3, 0.4) is 0 Å². The van der Waals surface area contributed by atoms with Gasteiger partial charge in [0.05, 0.1) is 0 Å². The number of rotatable bonds is 4. The lowest BCUT2D eigenvalue weighted by Gasteiger charge is -2.21. The molecule has 0 saturated heterocycles. The summed E-state index contributed by atoms with van der Waals surface area (Å²) < 4.78 is 11.6. The summed E-state index contributed by atoms with van der Waals surface area (Å²) in [5, 5.41) is 0. The fourth-order valence-corrected chi connectivity index (χ4v) is 1.86. The van der Waals surface area contributed by atoms with E-state index in [-0.39, 0.29) is 12.1 Å². The van der Waals surface area contributed by atoms with E-state index < -0.39 is 0 Å². The molecule has 0 aliphatic carbocycles. The van der Waals surface area contributed by atoms with Crippen LogP contribution in [0.4, 0.5) is 0 Å². The number of ether oxygens (including phenoxy) is 1. The first-order valence-electron chi connectivity index (χ1n) is 6.12. The van der Waals surface area contributed by atoms with Crippen molar-refractivity contribution < 1.29 is 9.15 Å². The van der Waals surface area contributed by atoms with Gasteiger partial charge >= 0.3 is 0 Å². The standard InChI is InChI=1S/C15H19NO2/c1-10-6-4-5-7-13(10)18-15(12(3)16)14-9-8-11(2)17-14/h4-9,12,15H,16H2,1-3H3. The molecule has 0 saturated carbocycles. The summed E-state index contributed by atoms with van der Waals surface area (Å²) >= 11 is 0. The first-order valence-corrected chi connectivity index (χ1v) is 6.12. The Morgan fingerprint density at radius 2 is 1.83 bits per heavy atom. The van der Waals surface area contributed by atoms with Gasteiger partial charge in [0.25, 0.3) is 0 Å². The third kappa shape index (κ3) is 2.74. The minimum Gasteiger partial charge on any atom is -0.481 e. The highest BCUT2D eigenvalue weighted by atomic mass is 16.5. The summed E-state index contributed by atoms with van der Waals surface area (Å²) in [5.74, 6) is 2.48. The molecule has 1 aromatic heterocycles. The minimum atomic E-state index is -0.264. The number of nitrogens with two attached hydrogens (primary N) is 1. The van der Waals surface area contributed by atoms with Crippen molar-refractivity contribution in [1.82, 2.24) is 0 Å². The predicted octanol–water partition coefficient (Wildman–Crippen LogP) is 3.36. The Labute approximate surface area is 108 Å². The van der Waals surface area contributed by atoms with E-state index in [1.165, 1.54) is 0 Å². The molecule has 0 amide bonds. The van der Waals surface area contributed by atoms with Crippen LogP contribution >= 0.6 is 0 Å². The molecule has 3 heteroatoms. The molecule has 3 nitrogen and oxygen atoms in total. The third-order valence-electron chi connectivity index (χ3n) is 2.87. The highest BCUT2D eigenvalue weighted by Crippen LogP contribution is 2.27. The molecule has 2 rings (SSSR count). The van der Waals surface area contributed by atoms with E-state index in [1.54, 1.807) is 0 Å². The molecule has 0 spiro atoms. The van der Waals surface area contributed by atoms with Gasteiger partial charge in [0.15, 0.2) is 6.10 Å². The molecule has 96 valence electrons. The van der Waals surface area contributed by atoms with Crippen molar-refractivity contribution in [2.45, 2.75) is 32.9 Å². The van der Waals surface area contributed by atoms with Gasteiger partial charge in [-0.15, -0.1) is 0 Å². The van der Waals surface area contributed by atoms with Gasteiger partial charge in [0.1, 0.15) is 17.3 Å². The summed E-state index contributed by atoms with van der Waals surface area (Å²) in [6, 6.07) is 11.6. The summed E-state index contributed by atoms with van der Waals surface area (Å²) in [6.07, 6.45) is -0.264. The van der Waals surface area contributed by atoms with E-state index in [1.807, 2.05) is 57.2 Å². The van der Waals surface area contributed by atoms with E-state index in [0.29, 0.717) is 0 Å². The molecule has 2 atom stereocenters. The molecule has 18 heavy (non-hydrogen) atoms. The second kappa shape index (κ2) is 5.27. The zero-order chi connectivity index (χ0) is 13.1. The lowest BCUT2D eigenvalue weighted by Crippen LogP contribution is -2.28. The molecule has 0 bridgehead atoms. The van der Waals surface area contributed by atoms with E-state index >= 15 is 0 Å². The summed E-state index contributed by atoms with van der Waals surface area (Å²) in [6.45, 7) is 5.84. The number of para-hydroxylation sites is 1. The van der Waals surface area contributed by atoms with Gasteiger partial charge in [-0.3, -0.25) is 0 Å². The monoisotopic (exact) mass is 245 g/mol. The highest BCUT2D eigenvalue weighted by molar-refractivity contribution is 5.32. The maximum atomic E-state index is 5.99. The summed E-state index contributed by atoms with van der Waals surface area (Å²) in [5.41, 5.74) is 7.08. The van der Waals surface area contributed by atoms with Crippen LogP contribution in [0.2, 0.25) is 0 Å². The van der Waals surface area contributed by atoms with Crippen LogP contribution in [-0.4, -0.2) is 6.04 Å². The SMILES string of the molecule is Cc1ccc(C(Oc2ccccc2C)C(C)N)o1. The van der Waals surface area contributed by atoms with Crippen LogP contribution in [0.5, 0.6) is 5.75 Å². The predicted molar refractivity (Wildman–Crippen MR) is 71.6 cm³/mol. The van der Waals surface area contributed by atoms with E-state index in [0.717, 1.165) is 22.8 Å². The Morgan fingerprint density at radius 1 is 1.11 bits per heavy atom. The second-order valence-electron chi connectivity index (χ2n) is 4.61. The lowest BCUT2D eigenvalue weighted by molar-refractivity contribution is 0.151. The fraction of sp³-hybridized carbons (Fsp3) is 0.333. The molecule has 1 aromatic carbocycles. The average molecular weight is 245 g/mol. The zero-order valence-electron chi connectivity index (χ0n) is 11.0. The quantitative estimate of drug-likeness (QED) is 0.898. The van der Waals surface area contributed by atoms with Gasteiger partial charge in [-0.05, 0) is 44.5 Å². The number of furan rings is 1. The second-order valence-corrected chi connectivity index (χ2v) is 4.61. The van der Waals surface area contributed by atoms with Crippen LogP contribution < -0.4 is 10.5 Å². The molecular weight excluding hydrogens is 226 g/mol. The Kier molecular flexibility index (Phi) is 3.72. The van der Waals surface area contributed by atoms with Crippen LogP contribution in [0.15, 0.2) is 40.8 Å². The fourth-order valence-electron chi connectivity index (χ4n) is 1.86. The molecule has 2 N–H and O–H groups in total. The molecule has 0 aliphatic rings. The number of hydrogen-bond acceptors (Lipinski definition) is 3. The average Bonchev–Trinajstić information content (AvgIpc) is 2.74. The van der Waals surface area contributed by atoms with Crippen molar-refractivity contribution in [3.63, 3.8) is 0 Å². The van der Waals surface area contributed by atoms with Crippen LogP contribution in [-0.2, 0) is 0 Å². The number of benzene rings is 1. The Bertz CT molecular complexity index is 517. The van der Waals surface area contributed by atoms with E-state index in [9.17, 15) is 0 Å². The maximum Gasteiger partial charge on any atom is 0.171 e. The Hall–Kier alpha value is -1.74. The Balaban J connectivity index is 2.25.